The number of halogens is 2. The van der Waals surface area contributed by atoms with E-state index in [4.69, 9.17) is 6.42 Å². The van der Waals surface area contributed by atoms with Crippen LogP contribution in [0.25, 0.3) is 12.2 Å². The van der Waals surface area contributed by atoms with E-state index in [1.165, 1.54) is 22.3 Å². The zero-order valence-corrected chi connectivity index (χ0v) is 16.4. The van der Waals surface area contributed by atoms with E-state index < -0.39 is 21.8 Å². The molecule has 0 spiro atoms. The Morgan fingerprint density at radius 1 is 0.739 bits per heavy atom. The molecular formula is C20H15Cl2Zr. The molecule has 0 fully saturated rings. The van der Waals surface area contributed by atoms with Crippen LogP contribution in [-0.2, 0) is 21.8 Å². The van der Waals surface area contributed by atoms with Crippen LogP contribution in [0, 0.1) is 10.1 Å². The molecule has 0 radical (unpaired) electrons. The standard InChI is InChI=1S/2C9H7.C2H.2ClH.Zr/c2*1-2-5-9-7-3-6-8(9)4-1;1-2;;;/h2*1-7H;1H;2*1H;/q;;;;;+2/p-2. The number of benzene rings is 2. The number of allylic oxidation sites excluding steroid dienone is 2. The van der Waals surface area contributed by atoms with Crippen LogP contribution in [0.5, 0.6) is 0 Å². The van der Waals surface area contributed by atoms with Gasteiger partial charge in [0.15, 0.2) is 0 Å². The Hall–Kier alpha value is -1.06. The number of rotatable bonds is 2. The molecule has 2 aliphatic rings. The molecule has 0 bridgehead atoms. The first-order valence-corrected chi connectivity index (χ1v) is 11.3. The van der Waals surface area contributed by atoms with Gasteiger partial charge < -0.3 is 24.8 Å². The minimum absolute atomic E-state index is 0. The van der Waals surface area contributed by atoms with Gasteiger partial charge in [0.05, 0.1) is 0 Å². The van der Waals surface area contributed by atoms with E-state index in [0.29, 0.717) is 7.25 Å². The van der Waals surface area contributed by atoms with Crippen molar-refractivity contribution in [2.24, 2.45) is 0 Å². The summed E-state index contributed by atoms with van der Waals surface area (Å²) in [5, 5.41) is 0. The summed E-state index contributed by atoms with van der Waals surface area (Å²) in [5.74, 6) is 0. The zero-order chi connectivity index (χ0) is 14.2. The van der Waals surface area contributed by atoms with E-state index in [1.807, 2.05) is 0 Å². The van der Waals surface area contributed by atoms with Crippen LogP contribution < -0.4 is 24.8 Å². The maximum absolute atomic E-state index is 6.02. The maximum Gasteiger partial charge on any atom is -1.00 e. The van der Waals surface area contributed by atoms with Crippen molar-refractivity contribution in [1.82, 2.24) is 0 Å². The molecule has 0 saturated heterocycles. The summed E-state index contributed by atoms with van der Waals surface area (Å²) in [6.45, 7) is 0. The van der Waals surface area contributed by atoms with Crippen molar-refractivity contribution in [3.8, 4) is 10.1 Å². The van der Waals surface area contributed by atoms with Crippen LogP contribution in [0.4, 0.5) is 0 Å². The largest absolute Gasteiger partial charge is 1.00 e. The van der Waals surface area contributed by atoms with Gasteiger partial charge in [0, 0.05) is 0 Å². The third-order valence-corrected chi connectivity index (χ3v) is 11.0. The zero-order valence-electron chi connectivity index (χ0n) is 12.4. The molecule has 2 unspecified atom stereocenters. The molecule has 3 heteroatoms. The van der Waals surface area contributed by atoms with E-state index in [2.05, 4.69) is 76.5 Å². The van der Waals surface area contributed by atoms with E-state index in [9.17, 15) is 0 Å². The summed E-state index contributed by atoms with van der Waals surface area (Å²) in [4.78, 5) is 0. The fourth-order valence-corrected chi connectivity index (χ4v) is 9.68. The normalized spacial score (nSPS) is 19.1. The van der Waals surface area contributed by atoms with E-state index >= 15 is 0 Å². The predicted molar refractivity (Wildman–Crippen MR) is 85.3 cm³/mol. The quantitative estimate of drug-likeness (QED) is 0.536. The van der Waals surface area contributed by atoms with Crippen LogP contribution >= 0.6 is 0 Å². The Kier molecular flexibility index (Phi) is 6.10. The van der Waals surface area contributed by atoms with Crippen LogP contribution in [0.3, 0.4) is 0 Å². The maximum atomic E-state index is 6.02. The molecule has 0 aromatic heterocycles. The monoisotopic (exact) mass is 415 g/mol. The first kappa shape index (κ1) is 18.3. The summed E-state index contributed by atoms with van der Waals surface area (Å²) >= 11 is -2.11. The second kappa shape index (κ2) is 7.68. The molecule has 0 amide bonds. The van der Waals surface area contributed by atoms with Crippen molar-refractivity contribution in [3.63, 3.8) is 0 Å². The van der Waals surface area contributed by atoms with Gasteiger partial charge in [0.1, 0.15) is 0 Å². The molecule has 4 rings (SSSR count). The van der Waals surface area contributed by atoms with Gasteiger partial charge in [-0.25, -0.2) is 0 Å². The van der Waals surface area contributed by atoms with Crippen molar-refractivity contribution < 1.29 is 46.6 Å². The van der Waals surface area contributed by atoms with Gasteiger partial charge in [0.25, 0.3) is 0 Å². The topological polar surface area (TPSA) is 0 Å². The summed E-state index contributed by atoms with van der Waals surface area (Å²) in [6, 6.07) is 17.4. The van der Waals surface area contributed by atoms with E-state index in [-0.39, 0.29) is 24.8 Å². The smallest absolute Gasteiger partial charge is 1.00 e. The fraction of sp³-hybridized carbons (Fsp3) is 0.100. The fourth-order valence-electron chi connectivity index (χ4n) is 3.41. The molecule has 0 heterocycles. The van der Waals surface area contributed by atoms with Crippen molar-refractivity contribution in [2.75, 3.05) is 0 Å². The molecule has 0 nitrogen and oxygen atoms in total. The molecule has 113 valence electrons. The predicted octanol–water partition coefficient (Wildman–Crippen LogP) is -1.26. The summed E-state index contributed by atoms with van der Waals surface area (Å²) in [5.41, 5.74) is 5.60. The van der Waals surface area contributed by atoms with Crippen LogP contribution in [-0.4, -0.2) is 0 Å². The van der Waals surface area contributed by atoms with Crippen molar-refractivity contribution >= 4 is 12.2 Å². The molecule has 2 aromatic rings. The number of terminal acetylenes is 1. The molecule has 2 aromatic carbocycles. The minimum Gasteiger partial charge on any atom is -1.00 e. The minimum atomic E-state index is -2.11. The number of fused-ring (bicyclic) bond motifs is 2. The second-order valence-corrected chi connectivity index (χ2v) is 11.5. The van der Waals surface area contributed by atoms with Crippen molar-refractivity contribution in [1.29, 1.82) is 0 Å². The summed E-state index contributed by atoms with van der Waals surface area (Å²) < 4.78 is 4.28. The van der Waals surface area contributed by atoms with Gasteiger partial charge in [-0.15, -0.1) is 0 Å². The summed E-state index contributed by atoms with van der Waals surface area (Å²) in [6.07, 6.45) is 15.2. The number of hydrogen-bond donors (Lipinski definition) is 0. The van der Waals surface area contributed by atoms with Crippen molar-refractivity contribution in [2.45, 2.75) is 7.25 Å². The van der Waals surface area contributed by atoms with E-state index in [0.717, 1.165) is 0 Å². The Morgan fingerprint density at radius 2 is 1.17 bits per heavy atom. The van der Waals surface area contributed by atoms with Gasteiger partial charge >= 0.3 is 134 Å². The molecule has 2 atom stereocenters. The molecule has 0 saturated carbocycles. The average Bonchev–Trinajstić information content (AvgIpc) is 3.14. The number of hydrogen-bond acceptors (Lipinski definition) is 0. The molecular weight excluding hydrogens is 402 g/mol. The third kappa shape index (κ3) is 3.14. The van der Waals surface area contributed by atoms with Gasteiger partial charge in [-0.1, -0.05) is 0 Å². The third-order valence-electron chi connectivity index (χ3n) is 4.44. The Balaban J connectivity index is 0.000000960. The van der Waals surface area contributed by atoms with Gasteiger partial charge in [0.2, 0.25) is 0 Å². The first-order valence-electron chi connectivity index (χ1n) is 7.26. The molecule has 2 aliphatic carbocycles. The van der Waals surface area contributed by atoms with Crippen LogP contribution in [0.2, 0.25) is 0 Å². The Bertz CT molecular complexity index is 740. The van der Waals surface area contributed by atoms with Crippen LogP contribution in [0.1, 0.15) is 29.5 Å². The van der Waals surface area contributed by atoms with Gasteiger partial charge in [-0.2, -0.15) is 0 Å². The Labute approximate surface area is 158 Å². The SMILES string of the molecule is C#[C][Zr+2]([CH]1C=Cc2ccccc21)[CH]1C=Cc2ccccc21.[Cl-].[Cl-]. The van der Waals surface area contributed by atoms with Gasteiger partial charge in [-0.3, -0.25) is 0 Å². The Morgan fingerprint density at radius 3 is 1.61 bits per heavy atom. The average molecular weight is 417 g/mol. The van der Waals surface area contributed by atoms with Crippen LogP contribution in [0.15, 0.2) is 60.7 Å². The molecule has 0 aliphatic heterocycles. The van der Waals surface area contributed by atoms with Crippen molar-refractivity contribution in [3.05, 3.63) is 82.9 Å². The first-order chi connectivity index (χ1) is 10.4. The summed E-state index contributed by atoms with van der Waals surface area (Å²) in [7, 11) is 0. The van der Waals surface area contributed by atoms with Gasteiger partial charge in [-0.05, 0) is 0 Å². The molecule has 23 heavy (non-hydrogen) atoms. The second-order valence-electron chi connectivity index (χ2n) is 5.53. The molecule has 0 N–H and O–H groups in total. The van der Waals surface area contributed by atoms with E-state index in [1.54, 1.807) is 0 Å².